The summed E-state index contributed by atoms with van der Waals surface area (Å²) in [4.78, 5) is 59.4. The summed E-state index contributed by atoms with van der Waals surface area (Å²) in [6.45, 7) is 3.63. The SMILES string of the molecule is CSCCC(NC(=O)C(N)CC(=O)O)C(=O)NC(CS)C(=O)NC(CC(C)C)C(=O)O. The van der Waals surface area contributed by atoms with Crippen LogP contribution in [0.5, 0.6) is 0 Å². The molecule has 13 heteroatoms. The second kappa shape index (κ2) is 14.9. The summed E-state index contributed by atoms with van der Waals surface area (Å²) in [6.07, 6.45) is 1.63. The fourth-order valence-electron chi connectivity index (χ4n) is 2.50. The number of thiol groups is 1. The predicted octanol–water partition coefficient (Wildman–Crippen LogP) is -0.944. The molecule has 0 aliphatic rings. The molecule has 0 aromatic rings. The van der Waals surface area contributed by atoms with Crippen LogP contribution in [0, 0.1) is 5.92 Å². The van der Waals surface area contributed by atoms with Crippen molar-refractivity contribution in [3.8, 4) is 0 Å². The molecule has 0 spiro atoms. The zero-order chi connectivity index (χ0) is 24.1. The highest BCUT2D eigenvalue weighted by Crippen LogP contribution is 2.07. The van der Waals surface area contributed by atoms with E-state index in [1.807, 2.05) is 13.8 Å². The summed E-state index contributed by atoms with van der Waals surface area (Å²) in [5, 5.41) is 25.3. The van der Waals surface area contributed by atoms with Gasteiger partial charge in [-0.1, -0.05) is 13.8 Å². The van der Waals surface area contributed by atoms with E-state index in [4.69, 9.17) is 10.8 Å². The molecule has 7 N–H and O–H groups in total. The van der Waals surface area contributed by atoms with Gasteiger partial charge in [0.25, 0.3) is 0 Å². The van der Waals surface area contributed by atoms with Crippen molar-refractivity contribution in [2.24, 2.45) is 11.7 Å². The van der Waals surface area contributed by atoms with Crippen LogP contribution in [0.2, 0.25) is 0 Å². The van der Waals surface area contributed by atoms with Gasteiger partial charge in [-0.3, -0.25) is 19.2 Å². The van der Waals surface area contributed by atoms with Gasteiger partial charge >= 0.3 is 11.9 Å². The van der Waals surface area contributed by atoms with Crippen LogP contribution < -0.4 is 21.7 Å². The maximum atomic E-state index is 12.7. The van der Waals surface area contributed by atoms with Crippen LogP contribution in [-0.2, 0) is 24.0 Å². The molecule has 0 aliphatic carbocycles. The third-order valence-electron chi connectivity index (χ3n) is 4.11. The lowest BCUT2D eigenvalue weighted by atomic mass is 10.0. The monoisotopic (exact) mass is 480 g/mol. The lowest BCUT2D eigenvalue weighted by molar-refractivity contribution is -0.142. The largest absolute Gasteiger partial charge is 0.481 e. The Morgan fingerprint density at radius 3 is 1.90 bits per heavy atom. The average molecular weight is 481 g/mol. The van der Waals surface area contributed by atoms with Crippen molar-refractivity contribution in [3.05, 3.63) is 0 Å². The Balaban J connectivity index is 5.20. The predicted molar refractivity (Wildman–Crippen MR) is 120 cm³/mol. The summed E-state index contributed by atoms with van der Waals surface area (Å²) in [5.74, 6) is -4.24. The van der Waals surface area contributed by atoms with Crippen molar-refractivity contribution >= 4 is 54.1 Å². The number of nitrogens with two attached hydrogens (primary N) is 1. The van der Waals surface area contributed by atoms with Crippen LogP contribution >= 0.6 is 24.4 Å². The first-order valence-electron chi connectivity index (χ1n) is 9.63. The zero-order valence-corrected chi connectivity index (χ0v) is 19.5. The van der Waals surface area contributed by atoms with Crippen molar-refractivity contribution in [1.29, 1.82) is 0 Å². The molecule has 0 aliphatic heterocycles. The lowest BCUT2D eigenvalue weighted by Crippen LogP contribution is -2.58. The molecule has 0 saturated heterocycles. The smallest absolute Gasteiger partial charge is 0.326 e. The second-order valence-electron chi connectivity index (χ2n) is 7.32. The lowest BCUT2D eigenvalue weighted by Gasteiger charge is -2.24. The van der Waals surface area contributed by atoms with Crippen molar-refractivity contribution in [2.45, 2.75) is 57.3 Å². The number of aliphatic carboxylic acids is 2. The molecule has 0 saturated carbocycles. The van der Waals surface area contributed by atoms with E-state index >= 15 is 0 Å². The van der Waals surface area contributed by atoms with Gasteiger partial charge in [0.1, 0.15) is 18.1 Å². The molecule has 0 aromatic carbocycles. The number of hydrogen-bond acceptors (Lipinski definition) is 8. The van der Waals surface area contributed by atoms with Gasteiger partial charge in [-0.2, -0.15) is 24.4 Å². The van der Waals surface area contributed by atoms with E-state index in [2.05, 4.69) is 28.6 Å². The van der Waals surface area contributed by atoms with Gasteiger partial charge in [0.05, 0.1) is 12.5 Å². The van der Waals surface area contributed by atoms with Crippen molar-refractivity contribution < 1.29 is 34.2 Å². The minimum Gasteiger partial charge on any atom is -0.481 e. The minimum atomic E-state index is -1.33. The fraction of sp³-hybridized carbons (Fsp3) is 0.722. The molecular weight excluding hydrogens is 448 g/mol. The molecule has 0 heterocycles. The van der Waals surface area contributed by atoms with E-state index in [0.29, 0.717) is 5.75 Å². The van der Waals surface area contributed by atoms with Gasteiger partial charge in [-0.15, -0.1) is 0 Å². The van der Waals surface area contributed by atoms with Crippen molar-refractivity contribution in [3.63, 3.8) is 0 Å². The van der Waals surface area contributed by atoms with E-state index in [-0.39, 0.29) is 24.5 Å². The number of nitrogens with one attached hydrogen (secondary N) is 3. The van der Waals surface area contributed by atoms with Crippen LogP contribution in [0.15, 0.2) is 0 Å². The molecule has 31 heavy (non-hydrogen) atoms. The summed E-state index contributed by atoms with van der Waals surface area (Å²) < 4.78 is 0. The molecule has 0 bridgehead atoms. The Morgan fingerprint density at radius 2 is 1.45 bits per heavy atom. The number of hydrogen-bond donors (Lipinski definition) is 7. The number of amides is 3. The van der Waals surface area contributed by atoms with Crippen molar-refractivity contribution in [2.75, 3.05) is 17.8 Å². The molecule has 178 valence electrons. The molecular formula is C18H32N4O7S2. The quantitative estimate of drug-likeness (QED) is 0.145. The van der Waals surface area contributed by atoms with Gasteiger partial charge in [-0.05, 0) is 30.8 Å². The molecule has 11 nitrogen and oxygen atoms in total. The van der Waals surface area contributed by atoms with E-state index in [1.54, 1.807) is 6.26 Å². The van der Waals surface area contributed by atoms with E-state index in [0.717, 1.165) is 0 Å². The van der Waals surface area contributed by atoms with Crippen molar-refractivity contribution in [1.82, 2.24) is 16.0 Å². The first-order chi connectivity index (χ1) is 14.4. The number of carboxylic acids is 2. The number of carbonyl (C=O) groups is 5. The summed E-state index contributed by atoms with van der Waals surface area (Å²) in [7, 11) is 0. The Labute approximate surface area is 191 Å². The molecule has 0 rings (SSSR count). The molecule has 4 unspecified atom stereocenters. The molecule has 3 amide bonds. The van der Waals surface area contributed by atoms with Crippen LogP contribution in [0.1, 0.15) is 33.1 Å². The van der Waals surface area contributed by atoms with E-state index in [1.165, 1.54) is 11.8 Å². The second-order valence-corrected chi connectivity index (χ2v) is 8.67. The van der Waals surface area contributed by atoms with E-state index < -0.39 is 60.2 Å². The zero-order valence-electron chi connectivity index (χ0n) is 17.8. The third kappa shape index (κ3) is 11.8. The normalized spacial score (nSPS) is 14.8. The van der Waals surface area contributed by atoms with Gasteiger partial charge in [0.2, 0.25) is 17.7 Å². The first-order valence-corrected chi connectivity index (χ1v) is 11.7. The molecule has 0 fully saturated rings. The topological polar surface area (TPSA) is 188 Å². The molecule has 4 atom stereocenters. The van der Waals surface area contributed by atoms with Crippen LogP contribution in [-0.4, -0.2) is 81.8 Å². The van der Waals surface area contributed by atoms with E-state index in [9.17, 15) is 29.1 Å². The average Bonchev–Trinajstić information content (AvgIpc) is 2.67. The van der Waals surface area contributed by atoms with Crippen LogP contribution in [0.25, 0.3) is 0 Å². The Kier molecular flexibility index (Phi) is 14.0. The Hall–Kier alpha value is -1.99. The Morgan fingerprint density at radius 1 is 0.935 bits per heavy atom. The van der Waals surface area contributed by atoms with Crippen LogP contribution in [0.4, 0.5) is 0 Å². The number of rotatable bonds is 15. The van der Waals surface area contributed by atoms with Gasteiger partial charge < -0.3 is 31.9 Å². The van der Waals surface area contributed by atoms with Gasteiger partial charge in [0, 0.05) is 5.75 Å². The molecule has 0 radical (unpaired) electrons. The van der Waals surface area contributed by atoms with Gasteiger partial charge in [0.15, 0.2) is 0 Å². The summed E-state index contributed by atoms with van der Waals surface area (Å²) >= 11 is 5.48. The number of carbonyl (C=O) groups excluding carboxylic acids is 3. The maximum Gasteiger partial charge on any atom is 0.326 e. The van der Waals surface area contributed by atoms with Gasteiger partial charge in [-0.25, -0.2) is 4.79 Å². The third-order valence-corrected chi connectivity index (χ3v) is 5.12. The highest BCUT2D eigenvalue weighted by molar-refractivity contribution is 7.98. The van der Waals surface area contributed by atoms with Crippen LogP contribution in [0.3, 0.4) is 0 Å². The number of thioether (sulfide) groups is 1. The standard InChI is InChI=1S/C18H32N4O7S2/c1-9(2)6-12(18(28)29)21-17(27)13(8-30)22-16(26)11(4-5-31-3)20-15(25)10(19)7-14(23)24/h9-13,30H,4-8,19H2,1-3H3,(H,20,25)(H,21,27)(H,22,26)(H,23,24)(H,28,29). The minimum absolute atomic E-state index is 0.0200. The first kappa shape index (κ1) is 29.0. The number of carboxylic acid groups (broad SMARTS) is 2. The Bertz CT molecular complexity index is 648. The summed E-state index contributed by atoms with van der Waals surface area (Å²) in [6, 6.07) is -4.64. The highest BCUT2D eigenvalue weighted by Gasteiger charge is 2.30. The maximum absolute atomic E-state index is 12.7. The highest BCUT2D eigenvalue weighted by atomic mass is 32.2. The summed E-state index contributed by atoms with van der Waals surface area (Å²) in [5.41, 5.74) is 5.53. The fourth-order valence-corrected chi connectivity index (χ4v) is 3.22. The molecule has 0 aromatic heterocycles.